The predicted octanol–water partition coefficient (Wildman–Crippen LogP) is -0.475. The number of nitrogens with zero attached hydrogens (tertiary/aromatic N) is 1. The van der Waals surface area contributed by atoms with E-state index < -0.39 is 46.6 Å². The summed E-state index contributed by atoms with van der Waals surface area (Å²) in [4.78, 5) is 37.4. The third-order valence-corrected chi connectivity index (χ3v) is 6.69. The highest BCUT2D eigenvalue weighted by Crippen LogP contribution is 2.40. The molecule has 8 nitrogen and oxygen atoms in total. The normalized spacial score (nSPS) is 23.1. The lowest BCUT2D eigenvalue weighted by molar-refractivity contribution is -0.150. The fraction of sp³-hybridized carbons (Fsp3) is 0.312. The molecule has 2 unspecified atom stereocenters. The molecule has 1 saturated heterocycles. The van der Waals surface area contributed by atoms with Gasteiger partial charge in [-0.25, -0.2) is 4.79 Å². The van der Waals surface area contributed by atoms with Gasteiger partial charge in [-0.05, 0) is 17.7 Å². The van der Waals surface area contributed by atoms with Crippen molar-refractivity contribution in [3.8, 4) is 0 Å². The van der Waals surface area contributed by atoms with Crippen molar-refractivity contribution in [1.29, 1.82) is 0 Å². The first-order valence-electron chi connectivity index (χ1n) is 7.67. The monoisotopic (exact) mass is 396 g/mol. The molecular formula is C16H16N2O6S2. The summed E-state index contributed by atoms with van der Waals surface area (Å²) in [5, 5.41) is 20.6. The van der Waals surface area contributed by atoms with Crippen LogP contribution in [0.3, 0.4) is 0 Å². The van der Waals surface area contributed by atoms with Crippen LogP contribution in [-0.2, 0) is 25.2 Å². The Morgan fingerprint density at radius 3 is 2.62 bits per heavy atom. The van der Waals surface area contributed by atoms with Crippen LogP contribution in [0.2, 0.25) is 0 Å². The van der Waals surface area contributed by atoms with E-state index in [-0.39, 0.29) is 22.8 Å². The summed E-state index contributed by atoms with van der Waals surface area (Å²) in [5.41, 5.74) is 0.0432. The van der Waals surface area contributed by atoms with E-state index in [1.54, 1.807) is 30.3 Å². The van der Waals surface area contributed by atoms with Crippen LogP contribution < -0.4 is 5.32 Å². The average Bonchev–Trinajstić information content (AvgIpc) is 2.65. The minimum absolute atomic E-state index is 0.223. The van der Waals surface area contributed by atoms with E-state index in [9.17, 15) is 28.8 Å². The standard InChI is InChI=1S/C16H16N2O6S2/c19-6-9-7-25-15-12(14(21)18(15)13(9)16(22)23)17-11(20)8-26(24)10-4-2-1-3-5-10/h1-5,12,15,19H,6-8H2,(H,17,20)(H,22,23)/t12?,15-,26?/m0/s1. The van der Waals surface area contributed by atoms with Crippen molar-refractivity contribution in [3.05, 3.63) is 41.6 Å². The third kappa shape index (κ3) is 3.39. The number of benzene rings is 1. The molecule has 1 aromatic rings. The fourth-order valence-corrected chi connectivity index (χ4v) is 5.08. The Bertz CT molecular complexity index is 810. The summed E-state index contributed by atoms with van der Waals surface area (Å²) in [6.45, 7) is -0.446. The Hall–Kier alpha value is -2.17. The Morgan fingerprint density at radius 2 is 2.00 bits per heavy atom. The van der Waals surface area contributed by atoms with E-state index in [1.807, 2.05) is 0 Å². The van der Waals surface area contributed by atoms with Crippen LogP contribution in [0, 0.1) is 0 Å². The fourth-order valence-electron chi connectivity index (χ4n) is 2.79. The minimum atomic E-state index is -1.53. The first kappa shape index (κ1) is 18.6. The van der Waals surface area contributed by atoms with E-state index in [0.717, 1.165) is 4.90 Å². The highest BCUT2D eigenvalue weighted by molar-refractivity contribution is 8.00. The maximum absolute atomic E-state index is 12.3. The second-order valence-electron chi connectivity index (χ2n) is 5.67. The molecule has 0 spiro atoms. The number of hydrogen-bond donors (Lipinski definition) is 3. The van der Waals surface area contributed by atoms with E-state index >= 15 is 0 Å². The summed E-state index contributed by atoms with van der Waals surface area (Å²) < 4.78 is 12.2. The van der Waals surface area contributed by atoms with E-state index in [1.165, 1.54) is 11.8 Å². The lowest BCUT2D eigenvalue weighted by Crippen LogP contribution is -2.70. The molecule has 2 amide bonds. The van der Waals surface area contributed by atoms with Gasteiger partial charge < -0.3 is 15.5 Å². The lowest BCUT2D eigenvalue weighted by atomic mass is 10.0. The molecule has 3 atom stereocenters. The number of aliphatic carboxylic acids is 1. The Kier molecular flexibility index (Phi) is 5.44. The van der Waals surface area contributed by atoms with E-state index in [2.05, 4.69) is 5.32 Å². The van der Waals surface area contributed by atoms with Gasteiger partial charge in [-0.1, -0.05) is 18.2 Å². The van der Waals surface area contributed by atoms with Crippen molar-refractivity contribution >= 4 is 40.3 Å². The molecule has 0 aromatic heterocycles. The molecule has 2 heterocycles. The molecule has 2 aliphatic heterocycles. The van der Waals surface area contributed by atoms with Crippen molar-refractivity contribution in [1.82, 2.24) is 10.2 Å². The number of nitrogens with one attached hydrogen (secondary N) is 1. The predicted molar refractivity (Wildman–Crippen MR) is 94.5 cm³/mol. The second-order valence-corrected chi connectivity index (χ2v) is 8.23. The number of rotatable bonds is 6. The van der Waals surface area contributed by atoms with E-state index in [4.69, 9.17) is 0 Å². The van der Waals surface area contributed by atoms with Crippen LogP contribution >= 0.6 is 11.8 Å². The van der Waals surface area contributed by atoms with Crippen molar-refractivity contribution < 1.29 is 28.8 Å². The zero-order chi connectivity index (χ0) is 18.8. The van der Waals surface area contributed by atoms with Crippen molar-refractivity contribution in [3.63, 3.8) is 0 Å². The number of amides is 2. The molecular weight excluding hydrogens is 380 g/mol. The van der Waals surface area contributed by atoms with Crippen LogP contribution in [0.4, 0.5) is 0 Å². The number of thioether (sulfide) groups is 1. The molecule has 26 heavy (non-hydrogen) atoms. The number of β-lactam (4-membered cyclic amide) rings is 1. The Labute approximate surface area is 155 Å². The molecule has 0 bridgehead atoms. The molecule has 2 aliphatic rings. The highest BCUT2D eigenvalue weighted by Gasteiger charge is 2.54. The number of fused-ring (bicyclic) bond motifs is 1. The van der Waals surface area contributed by atoms with Gasteiger partial charge in [0.05, 0.1) is 17.4 Å². The number of carboxylic acids is 1. The molecule has 138 valence electrons. The van der Waals surface area contributed by atoms with Gasteiger partial charge in [-0.3, -0.25) is 18.7 Å². The first-order valence-corrected chi connectivity index (χ1v) is 10.0. The zero-order valence-electron chi connectivity index (χ0n) is 13.5. The molecule has 10 heteroatoms. The summed E-state index contributed by atoms with van der Waals surface area (Å²) in [5.74, 6) is -2.41. The Balaban J connectivity index is 1.65. The van der Waals surface area contributed by atoms with E-state index in [0.29, 0.717) is 4.90 Å². The molecule has 3 rings (SSSR count). The van der Waals surface area contributed by atoms with Crippen LogP contribution in [0.25, 0.3) is 0 Å². The van der Waals surface area contributed by atoms with Gasteiger partial charge in [0.2, 0.25) is 5.91 Å². The number of carbonyl (C=O) groups excluding carboxylic acids is 2. The summed E-state index contributed by atoms with van der Waals surface area (Å²) >= 11 is 1.27. The number of carboxylic acid groups (broad SMARTS) is 1. The average molecular weight is 396 g/mol. The molecule has 1 aromatic carbocycles. The number of hydrogen-bond acceptors (Lipinski definition) is 6. The van der Waals surface area contributed by atoms with Crippen LogP contribution in [0.1, 0.15) is 0 Å². The van der Waals surface area contributed by atoms with Gasteiger partial charge in [-0.2, -0.15) is 0 Å². The molecule has 1 fully saturated rings. The number of aliphatic hydroxyl groups excluding tert-OH is 1. The number of carbonyl (C=O) groups is 3. The third-order valence-electron chi connectivity index (χ3n) is 4.03. The quantitative estimate of drug-likeness (QED) is 0.555. The molecule has 0 saturated carbocycles. The Morgan fingerprint density at radius 1 is 1.31 bits per heavy atom. The van der Waals surface area contributed by atoms with Crippen molar-refractivity contribution in [2.24, 2.45) is 0 Å². The zero-order valence-corrected chi connectivity index (χ0v) is 15.1. The molecule has 0 aliphatic carbocycles. The van der Waals surface area contributed by atoms with Crippen molar-refractivity contribution in [2.45, 2.75) is 16.3 Å². The molecule has 0 radical (unpaired) electrons. The van der Waals surface area contributed by atoms with Gasteiger partial charge in [-0.15, -0.1) is 11.8 Å². The topological polar surface area (TPSA) is 124 Å². The SMILES string of the molecule is O=C(CS(=O)c1ccccc1)NC1C(=O)N2C(C(=O)O)=C(CO)CS[C@@H]12. The summed E-state index contributed by atoms with van der Waals surface area (Å²) in [6.07, 6.45) is 0. The molecule has 3 N–H and O–H groups in total. The first-order chi connectivity index (χ1) is 12.4. The smallest absolute Gasteiger partial charge is 0.352 e. The summed E-state index contributed by atoms with van der Waals surface area (Å²) in [6, 6.07) is 7.64. The maximum atomic E-state index is 12.3. The second kappa shape index (κ2) is 7.60. The van der Waals surface area contributed by atoms with Gasteiger partial charge in [0.1, 0.15) is 22.9 Å². The van der Waals surface area contributed by atoms with Crippen LogP contribution in [-0.4, -0.2) is 66.6 Å². The van der Waals surface area contributed by atoms with Gasteiger partial charge in [0, 0.05) is 10.6 Å². The summed E-state index contributed by atoms with van der Waals surface area (Å²) in [7, 11) is -1.53. The van der Waals surface area contributed by atoms with Crippen LogP contribution in [0.5, 0.6) is 0 Å². The van der Waals surface area contributed by atoms with Gasteiger partial charge in [0.15, 0.2) is 0 Å². The highest BCUT2D eigenvalue weighted by atomic mass is 32.2. The number of aliphatic hydroxyl groups is 1. The van der Waals surface area contributed by atoms with Crippen molar-refractivity contribution in [2.75, 3.05) is 18.1 Å². The maximum Gasteiger partial charge on any atom is 0.352 e. The minimum Gasteiger partial charge on any atom is -0.477 e. The lowest BCUT2D eigenvalue weighted by Gasteiger charge is -2.49. The van der Waals surface area contributed by atoms with Crippen LogP contribution in [0.15, 0.2) is 46.5 Å². The van der Waals surface area contributed by atoms with Gasteiger partial charge in [0.25, 0.3) is 5.91 Å². The largest absolute Gasteiger partial charge is 0.477 e. The van der Waals surface area contributed by atoms with Gasteiger partial charge >= 0.3 is 5.97 Å².